The van der Waals surface area contributed by atoms with Crippen LogP contribution in [-0.4, -0.2) is 12.5 Å². The fraction of sp³-hybridized carbons (Fsp3) is 0.462. The average molecular weight is 238 g/mol. The molecule has 1 aromatic rings. The lowest BCUT2D eigenvalue weighted by Gasteiger charge is -2.27. The molecule has 0 heterocycles. The summed E-state index contributed by atoms with van der Waals surface area (Å²) < 4.78 is 13.6. The Morgan fingerprint density at radius 2 is 2.06 bits per heavy atom. The third-order valence-corrected chi connectivity index (χ3v) is 2.61. The van der Waals surface area contributed by atoms with Crippen LogP contribution in [0.4, 0.5) is 4.39 Å². The Morgan fingerprint density at radius 3 is 2.65 bits per heavy atom. The van der Waals surface area contributed by atoms with Gasteiger partial charge in [-0.25, -0.2) is 4.39 Å². The summed E-state index contributed by atoms with van der Waals surface area (Å²) in [5, 5.41) is 2.81. The molecular formula is C13H19FN2O. The fourth-order valence-electron chi connectivity index (χ4n) is 1.71. The highest BCUT2D eigenvalue weighted by Crippen LogP contribution is 2.22. The van der Waals surface area contributed by atoms with E-state index in [9.17, 15) is 9.18 Å². The number of nitrogens with two attached hydrogens (primary N) is 1. The average Bonchev–Trinajstić information content (AvgIpc) is 2.26. The lowest BCUT2D eigenvalue weighted by atomic mass is 9.93. The molecule has 4 heteroatoms. The lowest BCUT2D eigenvalue weighted by Crippen LogP contribution is -2.41. The summed E-state index contributed by atoms with van der Waals surface area (Å²) in [7, 11) is 0. The van der Waals surface area contributed by atoms with Crippen molar-refractivity contribution in [1.82, 2.24) is 5.32 Å². The number of halogens is 1. The van der Waals surface area contributed by atoms with Crippen LogP contribution in [0.5, 0.6) is 0 Å². The minimum atomic E-state index is -0.711. The molecular weight excluding hydrogens is 219 g/mol. The summed E-state index contributed by atoms with van der Waals surface area (Å²) in [6.07, 6.45) is 1.01. The molecule has 0 aliphatic rings. The molecule has 0 aliphatic carbocycles. The first-order valence-electron chi connectivity index (χ1n) is 5.73. The minimum absolute atomic E-state index is 0.108. The summed E-state index contributed by atoms with van der Waals surface area (Å²) >= 11 is 0. The van der Waals surface area contributed by atoms with Gasteiger partial charge in [0.25, 0.3) is 0 Å². The largest absolute Gasteiger partial charge is 0.347 e. The predicted molar refractivity (Wildman–Crippen MR) is 65.9 cm³/mol. The third-order valence-electron chi connectivity index (χ3n) is 2.61. The zero-order valence-corrected chi connectivity index (χ0v) is 10.3. The number of benzene rings is 1. The molecule has 0 aliphatic heterocycles. The van der Waals surface area contributed by atoms with E-state index >= 15 is 0 Å². The number of carbonyl (C=O) groups is 1. The maximum atomic E-state index is 13.6. The molecule has 0 unspecified atom stereocenters. The van der Waals surface area contributed by atoms with E-state index in [1.54, 1.807) is 32.0 Å². The quantitative estimate of drug-likeness (QED) is 0.823. The van der Waals surface area contributed by atoms with E-state index in [2.05, 4.69) is 5.32 Å². The Morgan fingerprint density at radius 1 is 1.41 bits per heavy atom. The first-order valence-corrected chi connectivity index (χ1v) is 5.73. The highest BCUT2D eigenvalue weighted by molar-refractivity contribution is 5.76. The Kier molecular flexibility index (Phi) is 4.63. The fourth-order valence-corrected chi connectivity index (χ4v) is 1.71. The van der Waals surface area contributed by atoms with Crippen molar-refractivity contribution >= 4 is 5.91 Å². The van der Waals surface area contributed by atoms with Crippen LogP contribution in [0, 0.1) is 5.82 Å². The lowest BCUT2D eigenvalue weighted by molar-refractivity contribution is -0.122. The monoisotopic (exact) mass is 238 g/mol. The molecule has 0 atom stereocenters. The predicted octanol–water partition coefficient (Wildman–Crippen LogP) is 1.92. The third kappa shape index (κ3) is 3.82. The van der Waals surface area contributed by atoms with Gasteiger partial charge < -0.3 is 11.1 Å². The van der Waals surface area contributed by atoms with Crippen molar-refractivity contribution in [3.05, 3.63) is 35.6 Å². The Balaban J connectivity index is 2.75. The first-order chi connectivity index (χ1) is 7.97. The molecule has 0 aromatic heterocycles. The Labute approximate surface area is 101 Å². The molecule has 3 nitrogen and oxygen atoms in total. The van der Waals surface area contributed by atoms with Gasteiger partial charge in [-0.2, -0.15) is 0 Å². The highest BCUT2D eigenvalue weighted by Gasteiger charge is 2.25. The molecule has 0 radical (unpaired) electrons. The van der Waals surface area contributed by atoms with Crippen LogP contribution in [0.25, 0.3) is 0 Å². The molecule has 0 fully saturated rings. The summed E-state index contributed by atoms with van der Waals surface area (Å²) in [6, 6.07) is 6.46. The van der Waals surface area contributed by atoms with Gasteiger partial charge >= 0.3 is 0 Å². The summed E-state index contributed by atoms with van der Waals surface area (Å²) in [5.41, 5.74) is 5.11. The molecule has 1 rings (SSSR count). The van der Waals surface area contributed by atoms with Gasteiger partial charge in [0.15, 0.2) is 0 Å². The number of hydrogen-bond donors (Lipinski definition) is 2. The zero-order chi connectivity index (χ0) is 12.9. The second-order valence-electron chi connectivity index (χ2n) is 4.55. The van der Waals surface area contributed by atoms with Crippen molar-refractivity contribution in [2.24, 2.45) is 5.73 Å². The Bertz CT molecular complexity index is 391. The van der Waals surface area contributed by atoms with Crippen molar-refractivity contribution < 1.29 is 9.18 Å². The first kappa shape index (κ1) is 13.6. The second-order valence-corrected chi connectivity index (χ2v) is 4.55. The van der Waals surface area contributed by atoms with Gasteiger partial charge in [0.2, 0.25) is 5.91 Å². The van der Waals surface area contributed by atoms with E-state index in [0.717, 1.165) is 0 Å². The number of carbonyl (C=O) groups excluding carboxylic acids is 1. The van der Waals surface area contributed by atoms with Crippen LogP contribution in [0.1, 0.15) is 32.3 Å². The minimum Gasteiger partial charge on any atom is -0.347 e. The maximum Gasteiger partial charge on any atom is 0.220 e. The molecule has 3 N–H and O–H groups in total. The van der Waals surface area contributed by atoms with Gasteiger partial charge in [-0.15, -0.1) is 0 Å². The Hall–Kier alpha value is -1.42. The topological polar surface area (TPSA) is 55.1 Å². The number of hydrogen-bond acceptors (Lipinski definition) is 2. The molecule has 94 valence electrons. The number of nitrogens with one attached hydrogen (secondary N) is 1. The SMILES string of the molecule is CC(C)(NC(=O)CCCN)c1ccccc1F. The van der Waals surface area contributed by atoms with Gasteiger partial charge in [0, 0.05) is 12.0 Å². The highest BCUT2D eigenvalue weighted by atomic mass is 19.1. The normalized spacial score (nSPS) is 11.3. The van der Waals surface area contributed by atoms with Crippen LogP contribution in [0.2, 0.25) is 0 Å². The molecule has 17 heavy (non-hydrogen) atoms. The van der Waals surface area contributed by atoms with E-state index in [-0.39, 0.29) is 11.7 Å². The van der Waals surface area contributed by atoms with Gasteiger partial charge in [0.1, 0.15) is 5.82 Å². The maximum absolute atomic E-state index is 13.6. The van der Waals surface area contributed by atoms with Crippen molar-refractivity contribution in [3.8, 4) is 0 Å². The van der Waals surface area contributed by atoms with Crippen LogP contribution >= 0.6 is 0 Å². The standard InChI is InChI=1S/C13H19FN2O/c1-13(2,16-12(17)8-5-9-15)10-6-3-4-7-11(10)14/h3-4,6-7H,5,8-9,15H2,1-2H3,(H,16,17). The van der Waals surface area contributed by atoms with Crippen molar-refractivity contribution in [3.63, 3.8) is 0 Å². The van der Waals surface area contributed by atoms with Crippen LogP contribution < -0.4 is 11.1 Å². The van der Waals surface area contributed by atoms with Crippen molar-refractivity contribution in [1.29, 1.82) is 0 Å². The molecule has 0 saturated heterocycles. The van der Waals surface area contributed by atoms with E-state index in [1.165, 1.54) is 6.07 Å². The summed E-state index contributed by atoms with van der Waals surface area (Å²) in [6.45, 7) is 4.05. The van der Waals surface area contributed by atoms with Gasteiger partial charge in [-0.1, -0.05) is 18.2 Å². The van der Waals surface area contributed by atoms with Crippen molar-refractivity contribution in [2.45, 2.75) is 32.2 Å². The molecule has 0 spiro atoms. The number of amides is 1. The molecule has 0 bridgehead atoms. The second kappa shape index (κ2) is 5.77. The van der Waals surface area contributed by atoms with Crippen LogP contribution in [0.3, 0.4) is 0 Å². The van der Waals surface area contributed by atoms with Gasteiger partial charge in [-0.3, -0.25) is 4.79 Å². The molecule has 1 aromatic carbocycles. The molecule has 1 amide bonds. The van der Waals surface area contributed by atoms with Crippen LogP contribution in [0.15, 0.2) is 24.3 Å². The van der Waals surface area contributed by atoms with Crippen LogP contribution in [-0.2, 0) is 10.3 Å². The zero-order valence-electron chi connectivity index (χ0n) is 10.3. The summed E-state index contributed by atoms with van der Waals surface area (Å²) in [4.78, 5) is 11.6. The van der Waals surface area contributed by atoms with Gasteiger partial charge in [0.05, 0.1) is 5.54 Å². The van der Waals surface area contributed by atoms with Crippen molar-refractivity contribution in [2.75, 3.05) is 6.54 Å². The van der Waals surface area contributed by atoms with E-state index in [0.29, 0.717) is 24.9 Å². The smallest absolute Gasteiger partial charge is 0.220 e. The number of rotatable bonds is 5. The van der Waals surface area contributed by atoms with E-state index in [1.807, 2.05) is 0 Å². The van der Waals surface area contributed by atoms with Gasteiger partial charge in [-0.05, 0) is 32.9 Å². The summed E-state index contributed by atoms with van der Waals surface area (Å²) in [5.74, 6) is -0.416. The van der Waals surface area contributed by atoms with E-state index < -0.39 is 5.54 Å². The van der Waals surface area contributed by atoms with E-state index in [4.69, 9.17) is 5.73 Å². The molecule has 0 saturated carbocycles.